The molecule has 0 heterocycles. The lowest BCUT2D eigenvalue weighted by atomic mass is 10.1. The third kappa shape index (κ3) is 3.49. The topological polar surface area (TPSA) is 0 Å². The Morgan fingerprint density at radius 3 is 2.73 bits per heavy atom. The van der Waals surface area contributed by atoms with Crippen LogP contribution in [0.2, 0.25) is 5.02 Å². The van der Waals surface area contributed by atoms with Crippen molar-refractivity contribution >= 4 is 27.5 Å². The molecule has 0 aliphatic heterocycles. The van der Waals surface area contributed by atoms with Gasteiger partial charge in [-0.2, -0.15) is 0 Å². The van der Waals surface area contributed by atoms with Crippen molar-refractivity contribution in [3.05, 3.63) is 34.9 Å². The number of benzene rings is 1. The summed E-state index contributed by atoms with van der Waals surface area (Å²) in [4.78, 5) is 0.736. The predicted octanol–water partition coefficient (Wildman–Crippen LogP) is 4.84. The van der Waals surface area contributed by atoms with Crippen LogP contribution in [0.1, 0.15) is 31.2 Å². The molecule has 0 radical (unpaired) electrons. The Balaban J connectivity index is 1.75. The molecule has 1 unspecified atom stereocenters. The molecule has 1 fully saturated rings. The van der Waals surface area contributed by atoms with Gasteiger partial charge in [0.25, 0.3) is 0 Å². The van der Waals surface area contributed by atoms with Crippen LogP contribution in [0.4, 0.5) is 0 Å². The minimum atomic E-state index is 0.736. The zero-order valence-corrected chi connectivity index (χ0v) is 11.1. The average molecular weight is 288 g/mol. The Morgan fingerprint density at radius 2 is 2.07 bits per heavy atom. The van der Waals surface area contributed by atoms with Gasteiger partial charge in [-0.25, -0.2) is 0 Å². The molecule has 1 atom stereocenters. The van der Waals surface area contributed by atoms with Crippen LogP contribution < -0.4 is 0 Å². The molecular formula is C13H16BrCl. The second-order valence-corrected chi connectivity index (χ2v) is 5.92. The summed E-state index contributed by atoms with van der Waals surface area (Å²) in [5, 5.41) is 0.912. The molecule has 0 saturated heterocycles. The lowest BCUT2D eigenvalue weighted by molar-refractivity contribution is 0.654. The molecule has 82 valence electrons. The molecule has 2 heteroatoms. The molecule has 0 spiro atoms. The molecular weight excluding hydrogens is 272 g/mol. The van der Waals surface area contributed by atoms with E-state index in [1.165, 1.54) is 31.2 Å². The summed E-state index contributed by atoms with van der Waals surface area (Å²) in [6.45, 7) is 0. The number of rotatable bonds is 5. The minimum Gasteiger partial charge on any atom is -0.0888 e. The van der Waals surface area contributed by atoms with E-state index < -0.39 is 0 Å². The van der Waals surface area contributed by atoms with Crippen molar-refractivity contribution < 1.29 is 0 Å². The zero-order chi connectivity index (χ0) is 10.7. The highest BCUT2D eigenvalue weighted by Crippen LogP contribution is 2.38. The van der Waals surface area contributed by atoms with Crippen LogP contribution >= 0.6 is 27.5 Å². The van der Waals surface area contributed by atoms with E-state index in [0.717, 1.165) is 22.2 Å². The molecule has 1 saturated carbocycles. The summed E-state index contributed by atoms with van der Waals surface area (Å²) >= 11 is 9.87. The first-order chi connectivity index (χ1) is 7.27. The van der Waals surface area contributed by atoms with Gasteiger partial charge in [0.2, 0.25) is 0 Å². The molecule has 0 nitrogen and oxygen atoms in total. The summed E-state index contributed by atoms with van der Waals surface area (Å²) in [7, 11) is 0. The van der Waals surface area contributed by atoms with E-state index in [9.17, 15) is 0 Å². The van der Waals surface area contributed by atoms with Gasteiger partial charge in [-0.1, -0.05) is 45.7 Å². The van der Waals surface area contributed by atoms with Crippen molar-refractivity contribution in [2.24, 2.45) is 5.92 Å². The Labute approximate surface area is 105 Å². The van der Waals surface area contributed by atoms with Crippen LogP contribution in [0.25, 0.3) is 0 Å². The average Bonchev–Trinajstić information content (AvgIpc) is 3.04. The minimum absolute atomic E-state index is 0.736. The number of aryl methyl sites for hydroxylation is 1. The molecule has 0 amide bonds. The summed E-state index contributed by atoms with van der Waals surface area (Å²) in [6, 6.07) is 8.16. The lowest BCUT2D eigenvalue weighted by Gasteiger charge is -2.08. The van der Waals surface area contributed by atoms with Crippen LogP contribution in [-0.2, 0) is 6.42 Å². The van der Waals surface area contributed by atoms with Crippen LogP contribution in [0.15, 0.2) is 24.3 Å². The zero-order valence-electron chi connectivity index (χ0n) is 8.76. The quantitative estimate of drug-likeness (QED) is 0.680. The third-order valence-electron chi connectivity index (χ3n) is 3.02. The van der Waals surface area contributed by atoms with E-state index in [-0.39, 0.29) is 0 Å². The Kier molecular flexibility index (Phi) is 4.10. The van der Waals surface area contributed by atoms with E-state index in [1.54, 1.807) is 0 Å². The fourth-order valence-electron chi connectivity index (χ4n) is 1.88. The standard InChI is InChI=1S/C13H16BrCl/c14-12(10-8-9-10)6-3-5-11-4-1-2-7-13(11)15/h1-2,4,7,10,12H,3,5-6,8-9H2. The number of hydrogen-bond donors (Lipinski definition) is 0. The van der Waals surface area contributed by atoms with Crippen molar-refractivity contribution in [1.29, 1.82) is 0 Å². The van der Waals surface area contributed by atoms with Gasteiger partial charge in [0.1, 0.15) is 0 Å². The smallest absolute Gasteiger partial charge is 0.0437 e. The molecule has 15 heavy (non-hydrogen) atoms. The molecule has 1 aromatic carbocycles. The van der Waals surface area contributed by atoms with Gasteiger partial charge in [-0.15, -0.1) is 0 Å². The maximum Gasteiger partial charge on any atom is 0.0437 e. The van der Waals surface area contributed by atoms with Crippen LogP contribution in [0.3, 0.4) is 0 Å². The number of alkyl halides is 1. The summed E-state index contributed by atoms with van der Waals surface area (Å²) in [6.07, 6.45) is 6.45. The highest BCUT2D eigenvalue weighted by Gasteiger charge is 2.28. The van der Waals surface area contributed by atoms with Gasteiger partial charge in [-0.05, 0) is 49.7 Å². The fourth-order valence-corrected chi connectivity index (χ4v) is 2.96. The van der Waals surface area contributed by atoms with Crippen LogP contribution in [0, 0.1) is 5.92 Å². The van der Waals surface area contributed by atoms with E-state index in [0.29, 0.717) is 0 Å². The first kappa shape index (κ1) is 11.5. The second kappa shape index (κ2) is 5.36. The van der Waals surface area contributed by atoms with E-state index in [2.05, 4.69) is 28.1 Å². The van der Waals surface area contributed by atoms with Crippen molar-refractivity contribution in [2.45, 2.75) is 36.9 Å². The van der Waals surface area contributed by atoms with Gasteiger partial charge in [-0.3, -0.25) is 0 Å². The highest BCUT2D eigenvalue weighted by atomic mass is 79.9. The molecule has 0 aromatic heterocycles. The molecule has 2 rings (SSSR count). The normalized spacial score (nSPS) is 17.7. The van der Waals surface area contributed by atoms with Crippen molar-refractivity contribution in [2.75, 3.05) is 0 Å². The van der Waals surface area contributed by atoms with Gasteiger partial charge >= 0.3 is 0 Å². The maximum absolute atomic E-state index is 6.10. The van der Waals surface area contributed by atoms with Crippen molar-refractivity contribution in [3.8, 4) is 0 Å². The third-order valence-corrected chi connectivity index (χ3v) is 4.59. The fraction of sp³-hybridized carbons (Fsp3) is 0.538. The molecule has 1 aromatic rings. The first-order valence-corrected chi connectivity index (χ1v) is 6.94. The van der Waals surface area contributed by atoms with E-state index in [1.807, 2.05) is 12.1 Å². The van der Waals surface area contributed by atoms with E-state index >= 15 is 0 Å². The van der Waals surface area contributed by atoms with E-state index in [4.69, 9.17) is 11.6 Å². The molecule has 0 bridgehead atoms. The van der Waals surface area contributed by atoms with Gasteiger partial charge in [0.15, 0.2) is 0 Å². The predicted molar refractivity (Wildman–Crippen MR) is 69.8 cm³/mol. The largest absolute Gasteiger partial charge is 0.0888 e. The summed E-state index contributed by atoms with van der Waals surface area (Å²) < 4.78 is 0. The Hall–Kier alpha value is -0.0100. The SMILES string of the molecule is Clc1ccccc1CCCC(Br)C1CC1. The lowest BCUT2D eigenvalue weighted by Crippen LogP contribution is -2.01. The van der Waals surface area contributed by atoms with Gasteiger partial charge in [0.05, 0.1) is 0 Å². The number of halogens is 2. The monoisotopic (exact) mass is 286 g/mol. The Morgan fingerprint density at radius 1 is 1.33 bits per heavy atom. The van der Waals surface area contributed by atoms with Gasteiger partial charge in [0, 0.05) is 9.85 Å². The molecule has 0 N–H and O–H groups in total. The molecule has 1 aliphatic carbocycles. The van der Waals surface area contributed by atoms with Crippen molar-refractivity contribution in [1.82, 2.24) is 0 Å². The summed E-state index contributed by atoms with van der Waals surface area (Å²) in [5.74, 6) is 0.955. The second-order valence-electron chi connectivity index (χ2n) is 4.34. The maximum atomic E-state index is 6.10. The number of hydrogen-bond acceptors (Lipinski definition) is 0. The van der Waals surface area contributed by atoms with Crippen molar-refractivity contribution in [3.63, 3.8) is 0 Å². The Bertz CT molecular complexity index is 320. The molecule has 1 aliphatic rings. The highest BCUT2D eigenvalue weighted by molar-refractivity contribution is 9.09. The summed E-state index contributed by atoms with van der Waals surface area (Å²) in [5.41, 5.74) is 1.29. The van der Waals surface area contributed by atoms with Crippen LogP contribution in [-0.4, -0.2) is 4.83 Å². The van der Waals surface area contributed by atoms with Crippen LogP contribution in [0.5, 0.6) is 0 Å². The first-order valence-electron chi connectivity index (χ1n) is 5.65. The van der Waals surface area contributed by atoms with Gasteiger partial charge < -0.3 is 0 Å².